The quantitative estimate of drug-likeness (QED) is 0.562. The number of rotatable bonds is 4. The number of hydrogen-bond donors (Lipinski definition) is 2. The molecule has 0 unspecified atom stereocenters. The lowest BCUT2D eigenvalue weighted by molar-refractivity contribution is 0.0526. The Bertz CT molecular complexity index is 675. The number of carbonyl (C=O) groups excluding carboxylic acids is 1. The molecule has 110 valence electrons. The highest BCUT2D eigenvalue weighted by Crippen LogP contribution is 2.31. The van der Waals surface area contributed by atoms with Crippen molar-refractivity contribution in [2.45, 2.75) is 6.92 Å². The number of carbonyl (C=O) groups is 1. The number of nitrogens with two attached hydrogens (primary N) is 1. The van der Waals surface area contributed by atoms with E-state index in [1.807, 2.05) is 18.2 Å². The Morgan fingerprint density at radius 2 is 1.95 bits per heavy atom. The predicted molar refractivity (Wildman–Crippen MR) is 91.9 cm³/mol. The lowest BCUT2D eigenvalue weighted by Crippen LogP contribution is -2.06. The third-order valence-electron chi connectivity index (χ3n) is 2.76. The van der Waals surface area contributed by atoms with E-state index in [0.29, 0.717) is 23.5 Å². The smallest absolute Gasteiger partial charge is 0.338 e. The molecule has 0 aliphatic carbocycles. The third kappa shape index (κ3) is 3.98. The zero-order valence-electron chi connectivity index (χ0n) is 11.3. The summed E-state index contributed by atoms with van der Waals surface area (Å²) in [5, 5.41) is 3.20. The molecular formula is C15H14Br2N2O2. The van der Waals surface area contributed by atoms with Crippen molar-refractivity contribution in [2.75, 3.05) is 17.7 Å². The lowest BCUT2D eigenvalue weighted by Gasteiger charge is -2.12. The Morgan fingerprint density at radius 1 is 1.19 bits per heavy atom. The molecule has 2 aromatic carbocycles. The molecule has 0 aliphatic rings. The van der Waals surface area contributed by atoms with Gasteiger partial charge in [-0.3, -0.25) is 0 Å². The fourth-order valence-electron chi connectivity index (χ4n) is 1.74. The van der Waals surface area contributed by atoms with Crippen LogP contribution in [0.15, 0.2) is 45.3 Å². The zero-order valence-corrected chi connectivity index (χ0v) is 14.5. The summed E-state index contributed by atoms with van der Waals surface area (Å²) in [6.45, 7) is 2.11. The molecule has 6 heteroatoms. The van der Waals surface area contributed by atoms with Crippen LogP contribution in [0.4, 0.5) is 17.1 Å². The minimum absolute atomic E-state index is 0.338. The standard InChI is InChI=1S/C15H14Br2N2O2/c1-2-21-15(20)9-3-5-12(18)14(7-9)19-13-6-4-10(16)8-11(13)17/h3-8,19H,2,18H2,1H3. The molecule has 0 saturated carbocycles. The topological polar surface area (TPSA) is 64.3 Å². The Balaban J connectivity index is 2.30. The van der Waals surface area contributed by atoms with Crippen LogP contribution in [0.25, 0.3) is 0 Å². The van der Waals surface area contributed by atoms with Crippen molar-refractivity contribution in [3.8, 4) is 0 Å². The van der Waals surface area contributed by atoms with Crippen LogP contribution in [0, 0.1) is 0 Å². The summed E-state index contributed by atoms with van der Waals surface area (Å²) in [6, 6.07) is 10.8. The van der Waals surface area contributed by atoms with E-state index in [9.17, 15) is 4.79 Å². The highest BCUT2D eigenvalue weighted by atomic mass is 79.9. The van der Waals surface area contributed by atoms with E-state index < -0.39 is 0 Å². The number of nitrogen functional groups attached to an aromatic ring is 1. The van der Waals surface area contributed by atoms with Gasteiger partial charge in [-0.1, -0.05) is 15.9 Å². The van der Waals surface area contributed by atoms with E-state index in [-0.39, 0.29) is 5.97 Å². The van der Waals surface area contributed by atoms with Crippen LogP contribution >= 0.6 is 31.9 Å². The van der Waals surface area contributed by atoms with Crippen molar-refractivity contribution >= 4 is 54.9 Å². The van der Waals surface area contributed by atoms with Gasteiger partial charge in [0.15, 0.2) is 0 Å². The van der Waals surface area contributed by atoms with Crippen LogP contribution in [0.1, 0.15) is 17.3 Å². The van der Waals surface area contributed by atoms with Crippen molar-refractivity contribution in [1.82, 2.24) is 0 Å². The van der Waals surface area contributed by atoms with Gasteiger partial charge in [-0.05, 0) is 59.3 Å². The SMILES string of the molecule is CCOC(=O)c1ccc(N)c(Nc2ccc(Br)cc2Br)c1. The van der Waals surface area contributed by atoms with Gasteiger partial charge >= 0.3 is 5.97 Å². The molecule has 0 saturated heterocycles. The number of esters is 1. The first kappa shape index (κ1) is 15.9. The summed E-state index contributed by atoms with van der Waals surface area (Å²) < 4.78 is 6.84. The molecule has 2 rings (SSSR count). The highest BCUT2D eigenvalue weighted by molar-refractivity contribution is 9.11. The van der Waals surface area contributed by atoms with Crippen LogP contribution in [0.3, 0.4) is 0 Å². The maximum absolute atomic E-state index is 11.8. The van der Waals surface area contributed by atoms with Crippen molar-refractivity contribution in [3.05, 3.63) is 50.9 Å². The summed E-state index contributed by atoms with van der Waals surface area (Å²) in [4.78, 5) is 11.8. The number of halogens is 2. The van der Waals surface area contributed by atoms with Gasteiger partial charge in [0.1, 0.15) is 0 Å². The maximum atomic E-state index is 11.8. The Labute approximate surface area is 139 Å². The number of ether oxygens (including phenoxy) is 1. The number of nitrogens with one attached hydrogen (secondary N) is 1. The van der Waals surface area contributed by atoms with Crippen molar-refractivity contribution in [1.29, 1.82) is 0 Å². The maximum Gasteiger partial charge on any atom is 0.338 e. The summed E-state index contributed by atoms with van der Waals surface area (Å²) in [5.74, 6) is -0.365. The van der Waals surface area contributed by atoms with E-state index >= 15 is 0 Å². The fourth-order valence-corrected chi connectivity index (χ4v) is 2.89. The van der Waals surface area contributed by atoms with E-state index in [1.165, 1.54) is 0 Å². The lowest BCUT2D eigenvalue weighted by atomic mass is 10.1. The molecule has 0 spiro atoms. The number of anilines is 3. The van der Waals surface area contributed by atoms with Gasteiger partial charge < -0.3 is 15.8 Å². The Hall–Kier alpha value is -1.53. The van der Waals surface area contributed by atoms with E-state index in [0.717, 1.165) is 14.6 Å². The van der Waals surface area contributed by atoms with Gasteiger partial charge in [-0.15, -0.1) is 0 Å². The van der Waals surface area contributed by atoms with Gasteiger partial charge in [0, 0.05) is 8.95 Å². The third-order valence-corrected chi connectivity index (χ3v) is 3.91. The molecule has 0 amide bonds. The van der Waals surface area contributed by atoms with Gasteiger partial charge in [-0.2, -0.15) is 0 Å². The minimum Gasteiger partial charge on any atom is -0.462 e. The molecular weight excluding hydrogens is 400 g/mol. The molecule has 0 heterocycles. The van der Waals surface area contributed by atoms with Crippen molar-refractivity contribution in [3.63, 3.8) is 0 Å². The van der Waals surface area contributed by atoms with Gasteiger partial charge in [-0.25, -0.2) is 4.79 Å². The molecule has 0 aromatic heterocycles. The molecule has 0 bridgehead atoms. The first-order chi connectivity index (χ1) is 10.0. The monoisotopic (exact) mass is 412 g/mol. The second kappa shape index (κ2) is 6.95. The summed E-state index contributed by atoms with van der Waals surface area (Å²) in [7, 11) is 0. The van der Waals surface area contributed by atoms with Gasteiger partial charge in [0.25, 0.3) is 0 Å². The van der Waals surface area contributed by atoms with Gasteiger partial charge in [0.2, 0.25) is 0 Å². The van der Waals surface area contributed by atoms with Crippen LogP contribution < -0.4 is 11.1 Å². The molecule has 0 aliphatic heterocycles. The minimum atomic E-state index is -0.365. The summed E-state index contributed by atoms with van der Waals surface area (Å²) in [5.41, 5.74) is 8.47. The molecule has 0 fully saturated rings. The first-order valence-corrected chi connectivity index (χ1v) is 7.88. The molecule has 0 radical (unpaired) electrons. The van der Waals surface area contributed by atoms with Crippen LogP contribution in [0.5, 0.6) is 0 Å². The first-order valence-electron chi connectivity index (χ1n) is 6.30. The molecule has 2 aromatic rings. The average molecular weight is 414 g/mol. The molecule has 21 heavy (non-hydrogen) atoms. The Kier molecular flexibility index (Phi) is 5.25. The second-order valence-electron chi connectivity index (χ2n) is 4.27. The summed E-state index contributed by atoms with van der Waals surface area (Å²) >= 11 is 6.88. The fraction of sp³-hybridized carbons (Fsp3) is 0.133. The average Bonchev–Trinajstić information content (AvgIpc) is 2.44. The Morgan fingerprint density at radius 3 is 2.62 bits per heavy atom. The van der Waals surface area contributed by atoms with Crippen LogP contribution in [-0.2, 0) is 4.74 Å². The number of benzene rings is 2. The van der Waals surface area contributed by atoms with E-state index in [2.05, 4.69) is 37.2 Å². The highest BCUT2D eigenvalue weighted by Gasteiger charge is 2.10. The molecule has 4 nitrogen and oxygen atoms in total. The normalized spacial score (nSPS) is 10.2. The zero-order chi connectivity index (χ0) is 15.4. The van der Waals surface area contributed by atoms with Crippen LogP contribution in [0.2, 0.25) is 0 Å². The van der Waals surface area contributed by atoms with Crippen molar-refractivity contribution in [2.24, 2.45) is 0 Å². The van der Waals surface area contributed by atoms with Gasteiger partial charge in [0.05, 0.1) is 29.2 Å². The van der Waals surface area contributed by atoms with Crippen LogP contribution in [-0.4, -0.2) is 12.6 Å². The second-order valence-corrected chi connectivity index (χ2v) is 6.04. The molecule has 0 atom stereocenters. The predicted octanol–water partition coefficient (Wildman–Crippen LogP) is 4.71. The van der Waals surface area contributed by atoms with E-state index in [1.54, 1.807) is 25.1 Å². The van der Waals surface area contributed by atoms with E-state index in [4.69, 9.17) is 10.5 Å². The largest absolute Gasteiger partial charge is 0.462 e. The molecule has 3 N–H and O–H groups in total. The number of hydrogen-bond acceptors (Lipinski definition) is 4. The van der Waals surface area contributed by atoms with Crippen molar-refractivity contribution < 1.29 is 9.53 Å². The summed E-state index contributed by atoms with van der Waals surface area (Å²) in [6.07, 6.45) is 0.